The molecule has 276 valence electrons. The zero-order chi connectivity index (χ0) is 39.5. The van der Waals surface area contributed by atoms with Crippen LogP contribution in [0.1, 0.15) is 0 Å². The van der Waals surface area contributed by atoms with Crippen LogP contribution in [0, 0.1) is 0 Å². The van der Waals surface area contributed by atoms with Crippen LogP contribution < -0.4 is 10.2 Å². The van der Waals surface area contributed by atoms with Crippen LogP contribution in [0.15, 0.2) is 205 Å². The van der Waals surface area contributed by atoms with Gasteiger partial charge in [-0.05, 0) is 88.5 Å². The number of phenols is 1. The van der Waals surface area contributed by atoms with E-state index >= 15 is 0 Å². The Bertz CT molecular complexity index is 3360. The third kappa shape index (κ3) is 5.95. The van der Waals surface area contributed by atoms with Crippen molar-refractivity contribution in [1.82, 2.24) is 4.57 Å². The van der Waals surface area contributed by atoms with Crippen molar-refractivity contribution in [3.8, 4) is 67.4 Å². The molecule has 2 aromatic heterocycles. The number of nitrogens with zero attached hydrogens (tertiary/aromatic N) is 1. The summed E-state index contributed by atoms with van der Waals surface area (Å²) in [6.45, 7) is 0. The van der Waals surface area contributed by atoms with E-state index in [0.29, 0.717) is 22.5 Å². The highest BCUT2D eigenvalue weighted by molar-refractivity contribution is 6.34. The third-order valence-electron chi connectivity index (χ3n) is 11.3. The summed E-state index contributed by atoms with van der Waals surface area (Å²) in [5.74, 6) is 1.32. The van der Waals surface area contributed by atoms with E-state index in [1.165, 1.54) is 10.8 Å². The summed E-state index contributed by atoms with van der Waals surface area (Å²) >= 11 is 0. The van der Waals surface area contributed by atoms with Crippen molar-refractivity contribution in [2.75, 3.05) is 0 Å². The predicted molar refractivity (Wildman–Crippen MR) is 243 cm³/mol. The number of furan rings is 1. The number of ether oxygens (including phenoxy) is 1. The molecular formula is C54H34BNO3. The summed E-state index contributed by atoms with van der Waals surface area (Å²) in [4.78, 5) is 0. The predicted octanol–water partition coefficient (Wildman–Crippen LogP) is 13.6. The first-order valence-corrected chi connectivity index (χ1v) is 19.7. The van der Waals surface area contributed by atoms with E-state index < -0.39 is 0 Å². The quantitative estimate of drug-likeness (QED) is 0.165. The lowest BCUT2D eigenvalue weighted by atomic mass is 9.90. The first-order chi connectivity index (χ1) is 29.1. The number of fused-ring (bicyclic) bond motifs is 6. The molecule has 2 radical (unpaired) electrons. The fourth-order valence-electron chi connectivity index (χ4n) is 8.57. The molecule has 11 aromatic rings. The first kappa shape index (κ1) is 34.5. The standard InChI is InChI=1S/C54H34BNO3/c55-47-33-36(40-15-1-6-22-48(40)56-49-23-7-2-17-43(49)44-18-3-8-24-50(44)56)27-28-53(47)58-39-31-37(30-38(32-39)41-16-4-9-25-51(41)57)34-13-11-14-35(29-34)42-20-12-21-46-45-19-5-10-26-52(45)59-54(42)46/h1-33,57H. The van der Waals surface area contributed by atoms with Gasteiger partial charge in [-0.25, -0.2) is 0 Å². The van der Waals surface area contributed by atoms with Gasteiger partial charge in [0.2, 0.25) is 0 Å². The zero-order valence-corrected chi connectivity index (χ0v) is 31.8. The van der Waals surface area contributed by atoms with Crippen molar-refractivity contribution < 1.29 is 14.3 Å². The molecule has 0 amide bonds. The van der Waals surface area contributed by atoms with Crippen LogP contribution in [0.4, 0.5) is 0 Å². The number of aromatic nitrogens is 1. The van der Waals surface area contributed by atoms with E-state index in [-0.39, 0.29) is 5.75 Å². The zero-order valence-electron chi connectivity index (χ0n) is 31.8. The molecule has 0 saturated carbocycles. The van der Waals surface area contributed by atoms with Gasteiger partial charge in [0.25, 0.3) is 0 Å². The molecule has 59 heavy (non-hydrogen) atoms. The largest absolute Gasteiger partial charge is 0.507 e. The smallest absolute Gasteiger partial charge is 0.143 e. The minimum Gasteiger partial charge on any atom is -0.507 e. The molecule has 0 aliphatic carbocycles. The van der Waals surface area contributed by atoms with Crippen molar-refractivity contribution in [3.63, 3.8) is 0 Å². The van der Waals surface area contributed by atoms with Gasteiger partial charge in [-0.3, -0.25) is 0 Å². The lowest BCUT2D eigenvalue weighted by Crippen LogP contribution is -2.07. The maximum atomic E-state index is 11.0. The van der Waals surface area contributed by atoms with Gasteiger partial charge in [-0.15, -0.1) is 0 Å². The van der Waals surface area contributed by atoms with E-state index in [2.05, 4.69) is 138 Å². The topological polar surface area (TPSA) is 47.5 Å². The highest BCUT2D eigenvalue weighted by Gasteiger charge is 2.18. The second-order valence-electron chi connectivity index (χ2n) is 14.9. The number of phenolic OH excluding ortho intramolecular Hbond substituents is 1. The molecule has 0 unspecified atom stereocenters. The van der Waals surface area contributed by atoms with Crippen LogP contribution in [0.3, 0.4) is 0 Å². The maximum Gasteiger partial charge on any atom is 0.143 e. The highest BCUT2D eigenvalue weighted by atomic mass is 16.5. The number of rotatable bonds is 7. The van der Waals surface area contributed by atoms with Gasteiger partial charge in [0.1, 0.15) is 36.3 Å². The van der Waals surface area contributed by atoms with Crippen molar-refractivity contribution in [3.05, 3.63) is 200 Å². The molecule has 0 aliphatic rings. The summed E-state index contributed by atoms with van der Waals surface area (Å²) in [5.41, 5.74) is 13.1. The number of hydrogen-bond donors (Lipinski definition) is 1. The second-order valence-corrected chi connectivity index (χ2v) is 14.9. The summed E-state index contributed by atoms with van der Waals surface area (Å²) in [7, 11) is 6.86. The van der Waals surface area contributed by atoms with Gasteiger partial charge in [0, 0.05) is 38.2 Å². The first-order valence-electron chi connectivity index (χ1n) is 19.7. The van der Waals surface area contributed by atoms with Gasteiger partial charge in [-0.1, -0.05) is 145 Å². The Balaban J connectivity index is 0.986. The molecule has 1 N–H and O–H groups in total. The number of hydrogen-bond acceptors (Lipinski definition) is 3. The molecular weight excluding hydrogens is 721 g/mol. The Labute approximate surface area is 342 Å². The van der Waals surface area contributed by atoms with E-state index in [4.69, 9.17) is 17.0 Å². The van der Waals surface area contributed by atoms with Crippen LogP contribution >= 0.6 is 0 Å². The Morgan fingerprint density at radius 2 is 1.03 bits per heavy atom. The van der Waals surface area contributed by atoms with E-state index in [1.54, 1.807) is 6.07 Å². The normalized spacial score (nSPS) is 11.5. The summed E-state index contributed by atoms with van der Waals surface area (Å²) in [5, 5.41) is 15.6. The fourth-order valence-corrected chi connectivity index (χ4v) is 8.57. The summed E-state index contributed by atoms with van der Waals surface area (Å²) in [6, 6.07) is 67.8. The second kappa shape index (κ2) is 14.0. The van der Waals surface area contributed by atoms with E-state index in [0.717, 1.165) is 77.6 Å². The van der Waals surface area contributed by atoms with Crippen molar-refractivity contribution >= 4 is 57.1 Å². The monoisotopic (exact) mass is 755 g/mol. The van der Waals surface area contributed by atoms with Crippen LogP contribution in [0.5, 0.6) is 17.2 Å². The molecule has 0 aliphatic heterocycles. The minimum atomic E-state index is 0.187. The van der Waals surface area contributed by atoms with E-state index in [1.807, 2.05) is 60.7 Å². The Kier molecular flexibility index (Phi) is 8.19. The highest BCUT2D eigenvalue weighted by Crippen LogP contribution is 2.41. The molecule has 0 saturated heterocycles. The molecule has 9 aromatic carbocycles. The number of para-hydroxylation sites is 6. The van der Waals surface area contributed by atoms with E-state index in [9.17, 15) is 5.11 Å². The van der Waals surface area contributed by atoms with Gasteiger partial charge >= 0.3 is 0 Å². The summed E-state index contributed by atoms with van der Waals surface area (Å²) in [6.07, 6.45) is 0. The van der Waals surface area contributed by atoms with Crippen molar-refractivity contribution in [1.29, 1.82) is 0 Å². The average molecular weight is 756 g/mol. The molecule has 11 rings (SSSR count). The average Bonchev–Trinajstić information content (AvgIpc) is 3.83. The van der Waals surface area contributed by atoms with Crippen LogP contribution in [-0.2, 0) is 0 Å². The molecule has 0 fully saturated rings. The molecule has 0 atom stereocenters. The van der Waals surface area contributed by atoms with Gasteiger partial charge in [-0.2, -0.15) is 0 Å². The molecule has 0 bridgehead atoms. The van der Waals surface area contributed by atoms with Crippen LogP contribution in [0.25, 0.3) is 93.9 Å². The van der Waals surface area contributed by atoms with Gasteiger partial charge in [0.15, 0.2) is 0 Å². The number of aromatic hydroxyl groups is 1. The number of benzene rings is 9. The van der Waals surface area contributed by atoms with Gasteiger partial charge in [0.05, 0.1) is 16.7 Å². The molecule has 4 nitrogen and oxygen atoms in total. The van der Waals surface area contributed by atoms with Crippen molar-refractivity contribution in [2.24, 2.45) is 0 Å². The minimum absolute atomic E-state index is 0.187. The van der Waals surface area contributed by atoms with Crippen LogP contribution in [0.2, 0.25) is 0 Å². The SMILES string of the molecule is [B]c1cc(-c2ccccc2-n2c3ccccc3c3ccccc32)ccc1Oc1cc(-c2cccc(-c3cccc4c3oc3ccccc34)c2)cc(-c2ccccc2O)c1. The Hall–Kier alpha value is -7.76. The maximum absolute atomic E-state index is 11.0. The van der Waals surface area contributed by atoms with Gasteiger partial charge < -0.3 is 18.8 Å². The van der Waals surface area contributed by atoms with Crippen LogP contribution in [-0.4, -0.2) is 17.5 Å². The lowest BCUT2D eigenvalue weighted by Gasteiger charge is -2.17. The molecule has 0 spiro atoms. The third-order valence-corrected chi connectivity index (χ3v) is 11.3. The molecule has 2 heterocycles. The lowest BCUT2D eigenvalue weighted by molar-refractivity contribution is 0.477. The molecule has 5 heteroatoms. The Morgan fingerprint density at radius 3 is 1.83 bits per heavy atom. The summed E-state index contributed by atoms with van der Waals surface area (Å²) < 4.78 is 15.4. The fraction of sp³-hybridized carbons (Fsp3) is 0. The Morgan fingerprint density at radius 1 is 0.441 bits per heavy atom. The van der Waals surface area contributed by atoms with Crippen molar-refractivity contribution in [2.45, 2.75) is 0 Å².